The highest BCUT2D eigenvalue weighted by atomic mass is 19.4. The fraction of sp³-hybridized carbons (Fsp3) is 0.400. The third-order valence-electron chi connectivity index (χ3n) is 4.42. The van der Waals surface area contributed by atoms with Crippen LogP contribution in [0.4, 0.5) is 19.0 Å². The molecule has 1 amide bonds. The molecule has 1 saturated heterocycles. The summed E-state index contributed by atoms with van der Waals surface area (Å²) in [6.07, 6.45) is -2.54. The lowest BCUT2D eigenvalue weighted by molar-refractivity contribution is -0.137. The molecule has 9 heteroatoms. The Balaban J connectivity index is 1.43. The van der Waals surface area contributed by atoms with Crippen LogP contribution in [0, 0.1) is 0 Å². The number of aromatic nitrogens is 1. The largest absolute Gasteiger partial charge is 0.484 e. The van der Waals surface area contributed by atoms with Gasteiger partial charge >= 0.3 is 6.18 Å². The van der Waals surface area contributed by atoms with E-state index in [1.807, 2.05) is 19.1 Å². The first-order valence-corrected chi connectivity index (χ1v) is 9.19. The number of pyridine rings is 1. The molecular weight excluding hydrogens is 387 g/mol. The Kier molecular flexibility index (Phi) is 6.58. The summed E-state index contributed by atoms with van der Waals surface area (Å²) in [4.78, 5) is 18.5. The number of halogens is 3. The van der Waals surface area contributed by atoms with Gasteiger partial charge in [-0.25, -0.2) is 4.98 Å². The molecule has 0 saturated carbocycles. The van der Waals surface area contributed by atoms with Crippen LogP contribution in [0.1, 0.15) is 18.1 Å². The molecule has 6 nitrogen and oxygen atoms in total. The van der Waals surface area contributed by atoms with E-state index >= 15 is 0 Å². The second kappa shape index (κ2) is 9.13. The molecule has 0 unspecified atom stereocenters. The summed E-state index contributed by atoms with van der Waals surface area (Å²) >= 11 is 0. The summed E-state index contributed by atoms with van der Waals surface area (Å²) in [5, 5.41) is 2.69. The number of amides is 1. The molecule has 0 spiro atoms. The van der Waals surface area contributed by atoms with Gasteiger partial charge in [-0.2, -0.15) is 13.2 Å². The summed E-state index contributed by atoms with van der Waals surface area (Å²) in [7, 11) is 0. The maximum Gasteiger partial charge on any atom is 0.416 e. The minimum atomic E-state index is -4.40. The second-order valence-electron chi connectivity index (χ2n) is 6.74. The van der Waals surface area contributed by atoms with Crippen LogP contribution >= 0.6 is 0 Å². The van der Waals surface area contributed by atoms with Crippen molar-refractivity contribution < 1.29 is 27.4 Å². The summed E-state index contributed by atoms with van der Waals surface area (Å²) < 4.78 is 48.3. The molecule has 0 bridgehead atoms. The van der Waals surface area contributed by atoms with Crippen molar-refractivity contribution in [2.24, 2.45) is 0 Å². The highest BCUT2D eigenvalue weighted by Gasteiger charge is 2.30. The maximum absolute atomic E-state index is 12.5. The molecule has 1 atom stereocenters. The van der Waals surface area contributed by atoms with Crippen LogP contribution in [0.3, 0.4) is 0 Å². The van der Waals surface area contributed by atoms with Gasteiger partial charge in [0, 0.05) is 25.8 Å². The average Bonchev–Trinajstić information content (AvgIpc) is 2.71. The Bertz CT molecular complexity index is 810. The Labute approximate surface area is 166 Å². The van der Waals surface area contributed by atoms with Crippen LogP contribution in [0.5, 0.6) is 5.75 Å². The Morgan fingerprint density at radius 3 is 2.66 bits per heavy atom. The van der Waals surface area contributed by atoms with Crippen molar-refractivity contribution >= 4 is 11.7 Å². The van der Waals surface area contributed by atoms with Gasteiger partial charge in [0.05, 0.1) is 18.3 Å². The first-order valence-electron chi connectivity index (χ1n) is 9.19. The van der Waals surface area contributed by atoms with Gasteiger partial charge in [-0.05, 0) is 42.8 Å². The molecule has 1 N–H and O–H groups in total. The van der Waals surface area contributed by atoms with E-state index in [9.17, 15) is 18.0 Å². The molecule has 3 rings (SSSR count). The summed E-state index contributed by atoms with van der Waals surface area (Å²) in [6, 6.07) is 7.99. The highest BCUT2D eigenvalue weighted by Crippen LogP contribution is 2.30. The van der Waals surface area contributed by atoms with Crippen molar-refractivity contribution in [2.45, 2.75) is 25.7 Å². The standard InChI is InChI=1S/C20H22F3N3O3/c1-14-12-26(8-9-28-14)18-7-2-15(10-24-18)11-25-19(27)13-29-17-5-3-16(4-6-17)20(21,22)23/h2-7,10,14H,8-9,11-13H2,1H3,(H,25,27)/t14-/m0/s1. The molecule has 2 heterocycles. The van der Waals surface area contributed by atoms with Crippen LogP contribution in [-0.4, -0.2) is 43.3 Å². The lowest BCUT2D eigenvalue weighted by atomic mass is 10.2. The van der Waals surface area contributed by atoms with Gasteiger partial charge in [0.2, 0.25) is 0 Å². The molecule has 1 aliphatic heterocycles. The van der Waals surface area contributed by atoms with Crippen molar-refractivity contribution in [1.29, 1.82) is 0 Å². The third-order valence-corrected chi connectivity index (χ3v) is 4.42. The topological polar surface area (TPSA) is 63.7 Å². The number of ether oxygens (including phenoxy) is 2. The van der Waals surface area contributed by atoms with E-state index in [0.29, 0.717) is 6.61 Å². The fourth-order valence-electron chi connectivity index (χ4n) is 2.88. The summed E-state index contributed by atoms with van der Waals surface area (Å²) in [6.45, 7) is 4.24. The number of benzene rings is 1. The summed E-state index contributed by atoms with van der Waals surface area (Å²) in [5.74, 6) is 0.677. The molecular formula is C20H22F3N3O3. The van der Waals surface area contributed by atoms with E-state index in [2.05, 4.69) is 15.2 Å². The normalized spacial score (nSPS) is 17.1. The van der Waals surface area contributed by atoms with Crippen LogP contribution in [0.2, 0.25) is 0 Å². The minimum Gasteiger partial charge on any atom is -0.484 e. The molecule has 1 aliphatic rings. The maximum atomic E-state index is 12.5. The average molecular weight is 409 g/mol. The lowest BCUT2D eigenvalue weighted by Crippen LogP contribution is -2.41. The number of hydrogen-bond donors (Lipinski definition) is 1. The van der Waals surface area contributed by atoms with Crippen molar-refractivity contribution in [3.05, 3.63) is 53.7 Å². The zero-order valence-corrected chi connectivity index (χ0v) is 15.9. The van der Waals surface area contributed by atoms with E-state index < -0.39 is 11.7 Å². The Hall–Kier alpha value is -2.81. The van der Waals surface area contributed by atoms with Gasteiger partial charge in [0.1, 0.15) is 11.6 Å². The lowest BCUT2D eigenvalue weighted by Gasteiger charge is -2.32. The molecule has 29 heavy (non-hydrogen) atoms. The monoisotopic (exact) mass is 409 g/mol. The number of morpholine rings is 1. The van der Waals surface area contributed by atoms with E-state index in [1.165, 1.54) is 12.1 Å². The van der Waals surface area contributed by atoms with Crippen LogP contribution in [0.15, 0.2) is 42.6 Å². The molecule has 2 aromatic rings. The van der Waals surface area contributed by atoms with Gasteiger partial charge in [-0.15, -0.1) is 0 Å². The first-order chi connectivity index (χ1) is 13.8. The third kappa shape index (κ3) is 6.08. The van der Waals surface area contributed by atoms with E-state index in [-0.39, 0.29) is 30.9 Å². The molecule has 0 aliphatic carbocycles. The minimum absolute atomic E-state index is 0.161. The molecule has 0 radical (unpaired) electrons. The van der Waals surface area contributed by atoms with E-state index in [0.717, 1.165) is 36.6 Å². The number of anilines is 1. The molecule has 1 aromatic heterocycles. The quantitative estimate of drug-likeness (QED) is 0.795. The Morgan fingerprint density at radius 2 is 2.03 bits per heavy atom. The molecule has 1 aromatic carbocycles. The number of nitrogens with one attached hydrogen (secondary N) is 1. The fourth-order valence-corrected chi connectivity index (χ4v) is 2.88. The molecule has 1 fully saturated rings. The zero-order chi connectivity index (χ0) is 20.9. The number of carbonyl (C=O) groups is 1. The van der Waals surface area contributed by atoms with Crippen LogP contribution in [0.25, 0.3) is 0 Å². The van der Waals surface area contributed by atoms with Gasteiger partial charge in [0.15, 0.2) is 6.61 Å². The van der Waals surface area contributed by atoms with Gasteiger partial charge < -0.3 is 19.7 Å². The van der Waals surface area contributed by atoms with Crippen molar-refractivity contribution in [3.63, 3.8) is 0 Å². The second-order valence-corrected chi connectivity index (χ2v) is 6.74. The number of nitrogens with zero attached hydrogens (tertiary/aromatic N) is 2. The predicted octanol–water partition coefficient (Wildman–Crippen LogP) is 3.02. The van der Waals surface area contributed by atoms with Crippen molar-refractivity contribution in [1.82, 2.24) is 10.3 Å². The molecule has 156 valence electrons. The van der Waals surface area contributed by atoms with Crippen molar-refractivity contribution in [3.8, 4) is 5.75 Å². The van der Waals surface area contributed by atoms with Crippen LogP contribution < -0.4 is 15.0 Å². The zero-order valence-electron chi connectivity index (χ0n) is 15.9. The van der Waals surface area contributed by atoms with E-state index in [4.69, 9.17) is 9.47 Å². The Morgan fingerprint density at radius 1 is 1.28 bits per heavy atom. The smallest absolute Gasteiger partial charge is 0.416 e. The van der Waals surface area contributed by atoms with Gasteiger partial charge in [-0.1, -0.05) is 6.07 Å². The summed E-state index contributed by atoms with van der Waals surface area (Å²) in [5.41, 5.74) is 0.0646. The van der Waals surface area contributed by atoms with Crippen LogP contribution in [-0.2, 0) is 22.3 Å². The van der Waals surface area contributed by atoms with Crippen molar-refractivity contribution in [2.75, 3.05) is 31.2 Å². The predicted molar refractivity (Wildman–Crippen MR) is 101 cm³/mol. The highest BCUT2D eigenvalue weighted by molar-refractivity contribution is 5.77. The number of alkyl halides is 3. The SMILES string of the molecule is C[C@H]1CN(c2ccc(CNC(=O)COc3ccc(C(F)(F)F)cc3)cn2)CCO1. The van der Waals surface area contributed by atoms with Gasteiger partial charge in [-0.3, -0.25) is 4.79 Å². The van der Waals surface area contributed by atoms with Gasteiger partial charge in [0.25, 0.3) is 5.91 Å². The number of rotatable bonds is 6. The number of hydrogen-bond acceptors (Lipinski definition) is 5. The first kappa shape index (κ1) is 20.9. The number of carbonyl (C=O) groups excluding carboxylic acids is 1. The van der Waals surface area contributed by atoms with E-state index in [1.54, 1.807) is 6.20 Å².